The Kier molecular flexibility index (Phi) is 5.33. The number of carbonyl (C=O) groups excluding carboxylic acids is 1. The summed E-state index contributed by atoms with van der Waals surface area (Å²) in [6, 6.07) is 6.45. The Morgan fingerprint density at radius 3 is 2.85 bits per heavy atom. The molecule has 0 spiro atoms. The normalized spacial score (nSPS) is 18.1. The number of piperazine rings is 1. The summed E-state index contributed by atoms with van der Waals surface area (Å²) in [7, 11) is 0. The maximum absolute atomic E-state index is 12.1. The summed E-state index contributed by atoms with van der Waals surface area (Å²) in [6.07, 6.45) is 4.07. The minimum Gasteiger partial charge on any atom is -0.337 e. The van der Waals surface area contributed by atoms with Crippen LogP contribution >= 0.6 is 11.3 Å². The van der Waals surface area contributed by atoms with Gasteiger partial charge in [0.25, 0.3) is 0 Å². The van der Waals surface area contributed by atoms with Gasteiger partial charge in [-0.2, -0.15) is 5.26 Å². The van der Waals surface area contributed by atoms with Gasteiger partial charge in [0.15, 0.2) is 0 Å². The Hall–Kier alpha value is -1.64. The Bertz CT molecular complexity index is 496. The Morgan fingerprint density at radius 1 is 1.50 bits per heavy atom. The molecule has 1 aromatic rings. The van der Waals surface area contributed by atoms with Crippen molar-refractivity contribution < 1.29 is 4.79 Å². The molecule has 2 heterocycles. The largest absolute Gasteiger partial charge is 0.337 e. The molecule has 4 nitrogen and oxygen atoms in total. The van der Waals surface area contributed by atoms with Crippen molar-refractivity contribution in [1.29, 1.82) is 5.26 Å². The number of amides is 1. The van der Waals surface area contributed by atoms with E-state index in [0.717, 1.165) is 31.1 Å². The van der Waals surface area contributed by atoms with Crippen LogP contribution < -0.4 is 0 Å². The molecule has 0 saturated carbocycles. The fourth-order valence-electron chi connectivity index (χ4n) is 2.29. The second-order valence-electron chi connectivity index (χ2n) is 4.92. The number of thiophene rings is 1. The molecule has 0 radical (unpaired) electrons. The molecule has 1 aliphatic rings. The molecule has 106 valence electrons. The first-order chi connectivity index (χ1) is 9.70. The average Bonchev–Trinajstić information content (AvgIpc) is 2.98. The molecule has 0 aliphatic carbocycles. The van der Waals surface area contributed by atoms with E-state index in [4.69, 9.17) is 5.26 Å². The standard InChI is InChI=1S/C15H19N3OS/c1-13(6-7-16)17-8-10-18(11-9-17)15(19)5-4-14-3-2-12-20-14/h2-5,12-13H,6,8-11H2,1H3/b5-4-/t13-/m1/s1. The Morgan fingerprint density at radius 2 is 2.25 bits per heavy atom. The van der Waals surface area contributed by atoms with E-state index in [1.807, 2.05) is 28.5 Å². The molecule has 5 heteroatoms. The number of hydrogen-bond acceptors (Lipinski definition) is 4. The maximum atomic E-state index is 12.1. The number of rotatable bonds is 4. The minimum atomic E-state index is 0.0750. The first-order valence-electron chi connectivity index (χ1n) is 6.82. The topological polar surface area (TPSA) is 47.3 Å². The van der Waals surface area contributed by atoms with Gasteiger partial charge in [-0.25, -0.2) is 0 Å². The van der Waals surface area contributed by atoms with Gasteiger partial charge >= 0.3 is 0 Å². The van der Waals surface area contributed by atoms with Crippen molar-refractivity contribution >= 4 is 23.3 Å². The van der Waals surface area contributed by atoms with E-state index >= 15 is 0 Å². The van der Waals surface area contributed by atoms with Gasteiger partial charge in [0.05, 0.1) is 12.5 Å². The maximum Gasteiger partial charge on any atom is 0.246 e. The molecule has 0 bridgehead atoms. The summed E-state index contributed by atoms with van der Waals surface area (Å²) < 4.78 is 0. The van der Waals surface area contributed by atoms with E-state index < -0.39 is 0 Å². The molecular weight excluding hydrogens is 270 g/mol. The van der Waals surface area contributed by atoms with E-state index in [0.29, 0.717) is 6.42 Å². The highest BCUT2D eigenvalue weighted by Crippen LogP contribution is 2.12. The summed E-state index contributed by atoms with van der Waals surface area (Å²) in [5.41, 5.74) is 0. The number of carbonyl (C=O) groups is 1. The Labute approximate surface area is 123 Å². The molecule has 0 N–H and O–H groups in total. The number of nitrogens with zero attached hydrogens (tertiary/aromatic N) is 3. The lowest BCUT2D eigenvalue weighted by Crippen LogP contribution is -2.50. The van der Waals surface area contributed by atoms with Gasteiger partial charge in [-0.05, 0) is 24.4 Å². The lowest BCUT2D eigenvalue weighted by molar-refractivity contribution is -0.127. The quantitative estimate of drug-likeness (QED) is 0.798. The van der Waals surface area contributed by atoms with Crippen LogP contribution in [0, 0.1) is 11.3 Å². The van der Waals surface area contributed by atoms with Crippen molar-refractivity contribution in [3.8, 4) is 6.07 Å². The summed E-state index contributed by atoms with van der Waals surface area (Å²) in [5, 5.41) is 10.7. The van der Waals surface area contributed by atoms with Crippen LogP contribution in [-0.4, -0.2) is 47.9 Å². The van der Waals surface area contributed by atoms with Crippen LogP contribution in [0.5, 0.6) is 0 Å². The van der Waals surface area contributed by atoms with E-state index in [-0.39, 0.29) is 11.9 Å². The van der Waals surface area contributed by atoms with Crippen LogP contribution in [0.15, 0.2) is 23.6 Å². The van der Waals surface area contributed by atoms with Crippen LogP contribution in [0.25, 0.3) is 6.08 Å². The summed E-state index contributed by atoms with van der Waals surface area (Å²) in [4.78, 5) is 17.3. The molecule has 0 unspecified atom stereocenters. The lowest BCUT2D eigenvalue weighted by atomic mass is 10.2. The Balaban J connectivity index is 1.81. The lowest BCUT2D eigenvalue weighted by Gasteiger charge is -2.37. The fraction of sp³-hybridized carbons (Fsp3) is 0.467. The molecule has 1 atom stereocenters. The van der Waals surface area contributed by atoms with Crippen molar-refractivity contribution in [3.63, 3.8) is 0 Å². The van der Waals surface area contributed by atoms with Crippen LogP contribution in [-0.2, 0) is 4.79 Å². The van der Waals surface area contributed by atoms with Crippen molar-refractivity contribution in [3.05, 3.63) is 28.5 Å². The molecule has 2 rings (SSSR count). The van der Waals surface area contributed by atoms with Gasteiger partial charge in [0.2, 0.25) is 5.91 Å². The van der Waals surface area contributed by atoms with Gasteiger partial charge in [-0.3, -0.25) is 9.69 Å². The van der Waals surface area contributed by atoms with Crippen molar-refractivity contribution in [2.45, 2.75) is 19.4 Å². The highest BCUT2D eigenvalue weighted by atomic mass is 32.1. The van der Waals surface area contributed by atoms with Gasteiger partial charge in [-0.15, -0.1) is 11.3 Å². The second kappa shape index (κ2) is 7.22. The molecule has 1 saturated heterocycles. The van der Waals surface area contributed by atoms with E-state index in [2.05, 4.69) is 17.9 Å². The van der Waals surface area contributed by atoms with E-state index in [1.54, 1.807) is 17.4 Å². The number of hydrogen-bond donors (Lipinski definition) is 0. The van der Waals surface area contributed by atoms with Crippen molar-refractivity contribution in [1.82, 2.24) is 9.80 Å². The molecule has 1 fully saturated rings. The van der Waals surface area contributed by atoms with Gasteiger partial charge < -0.3 is 4.90 Å². The molecular formula is C15H19N3OS. The van der Waals surface area contributed by atoms with Crippen LogP contribution in [0.4, 0.5) is 0 Å². The third kappa shape index (κ3) is 3.92. The molecule has 20 heavy (non-hydrogen) atoms. The van der Waals surface area contributed by atoms with E-state index in [9.17, 15) is 4.79 Å². The smallest absolute Gasteiger partial charge is 0.246 e. The van der Waals surface area contributed by atoms with Gasteiger partial charge in [0.1, 0.15) is 0 Å². The summed E-state index contributed by atoms with van der Waals surface area (Å²) in [6.45, 7) is 5.24. The van der Waals surface area contributed by atoms with Crippen LogP contribution in [0.3, 0.4) is 0 Å². The van der Waals surface area contributed by atoms with Gasteiger partial charge in [0, 0.05) is 43.2 Å². The molecule has 1 aliphatic heterocycles. The highest BCUT2D eigenvalue weighted by molar-refractivity contribution is 7.10. The monoisotopic (exact) mass is 289 g/mol. The third-order valence-corrected chi connectivity index (χ3v) is 4.41. The average molecular weight is 289 g/mol. The number of nitriles is 1. The summed E-state index contributed by atoms with van der Waals surface area (Å²) >= 11 is 1.62. The molecule has 1 amide bonds. The first kappa shape index (κ1) is 14.8. The van der Waals surface area contributed by atoms with Crippen LogP contribution in [0.2, 0.25) is 0 Å². The predicted octanol–water partition coefficient (Wildman–Crippen LogP) is 2.21. The first-order valence-corrected chi connectivity index (χ1v) is 7.70. The molecule has 1 aromatic heterocycles. The minimum absolute atomic E-state index is 0.0750. The predicted molar refractivity (Wildman–Crippen MR) is 81.2 cm³/mol. The molecule has 0 aromatic carbocycles. The van der Waals surface area contributed by atoms with Crippen LogP contribution in [0.1, 0.15) is 18.2 Å². The highest BCUT2D eigenvalue weighted by Gasteiger charge is 2.22. The summed E-state index contributed by atoms with van der Waals surface area (Å²) in [5.74, 6) is 0.0750. The van der Waals surface area contributed by atoms with E-state index in [1.165, 1.54) is 0 Å². The SMILES string of the molecule is C[C@H](CC#N)N1CCN(C(=O)/C=C\c2cccs2)CC1. The van der Waals surface area contributed by atoms with Crippen molar-refractivity contribution in [2.24, 2.45) is 0 Å². The zero-order valence-corrected chi connectivity index (χ0v) is 12.5. The fourth-order valence-corrected chi connectivity index (χ4v) is 2.91. The van der Waals surface area contributed by atoms with Crippen molar-refractivity contribution in [2.75, 3.05) is 26.2 Å². The zero-order valence-electron chi connectivity index (χ0n) is 11.7. The zero-order chi connectivity index (χ0) is 14.4. The second-order valence-corrected chi connectivity index (χ2v) is 5.90. The van der Waals surface area contributed by atoms with Gasteiger partial charge in [-0.1, -0.05) is 6.07 Å². The third-order valence-electron chi connectivity index (χ3n) is 3.57.